The van der Waals surface area contributed by atoms with Crippen LogP contribution in [0.2, 0.25) is 0 Å². The Bertz CT molecular complexity index is 1640. The van der Waals surface area contributed by atoms with Gasteiger partial charge in [-0.25, -0.2) is 29.5 Å². The van der Waals surface area contributed by atoms with Crippen molar-refractivity contribution in [3.63, 3.8) is 0 Å². The second kappa shape index (κ2) is 10.2. The van der Waals surface area contributed by atoms with Crippen LogP contribution in [-0.2, 0) is 23.1 Å². The van der Waals surface area contributed by atoms with E-state index in [9.17, 15) is 29.6 Å². The highest BCUT2D eigenvalue weighted by Gasteiger charge is 2.49. The number of aliphatic hydroxyl groups excluding tert-OH is 3. The smallest absolute Gasteiger partial charge is 0.394 e. The predicted octanol–water partition coefficient (Wildman–Crippen LogP) is -2.06. The Hall–Kier alpha value is -3.39. The molecule has 0 saturated carbocycles. The minimum absolute atomic E-state index is 0.0542. The number of aliphatic hydroxyl groups is 3. The zero-order valence-corrected chi connectivity index (χ0v) is 21.3. The number of aromatic nitrogens is 8. The second-order valence-corrected chi connectivity index (χ2v) is 10.5. The van der Waals surface area contributed by atoms with Gasteiger partial charge in [-0.1, -0.05) is 0 Å². The van der Waals surface area contributed by atoms with Gasteiger partial charge in [-0.15, -0.1) is 0 Å². The Morgan fingerprint density at radius 3 is 2.62 bits per heavy atom. The van der Waals surface area contributed by atoms with E-state index in [1.165, 1.54) is 34.4 Å². The molecule has 0 spiro atoms. The fourth-order valence-corrected chi connectivity index (χ4v) is 5.66. The summed E-state index contributed by atoms with van der Waals surface area (Å²) in [5.74, 6) is 0.0781. The van der Waals surface area contributed by atoms with Crippen LogP contribution in [0.25, 0.3) is 22.3 Å². The Morgan fingerprint density at radius 1 is 1.07 bits per heavy atom. The van der Waals surface area contributed by atoms with Crippen molar-refractivity contribution >= 4 is 36.0 Å². The summed E-state index contributed by atoms with van der Waals surface area (Å²) in [4.78, 5) is 45.0. The van der Waals surface area contributed by atoms with Crippen molar-refractivity contribution in [3.8, 4) is 0 Å². The molecule has 4 aromatic rings. The molecule has 7 N–H and O–H groups in total. The number of imidazole rings is 2. The van der Waals surface area contributed by atoms with E-state index in [1.807, 2.05) is 0 Å². The molecular formula is C20H24N9O10P. The zero-order valence-electron chi connectivity index (χ0n) is 20.4. The van der Waals surface area contributed by atoms with Crippen LogP contribution in [0.1, 0.15) is 18.9 Å². The second-order valence-electron chi connectivity index (χ2n) is 9.14. The normalized spacial score (nSPS) is 30.4. The van der Waals surface area contributed by atoms with Crippen LogP contribution in [0.4, 0.5) is 5.82 Å². The number of phosphoric ester groups is 1. The fraction of sp³-hybridized carbons (Fsp3) is 0.500. The Morgan fingerprint density at radius 2 is 1.82 bits per heavy atom. The van der Waals surface area contributed by atoms with Crippen LogP contribution in [-0.4, -0.2) is 103 Å². The van der Waals surface area contributed by atoms with E-state index in [4.69, 9.17) is 24.3 Å². The lowest BCUT2D eigenvalue weighted by molar-refractivity contribution is -0.0593. The van der Waals surface area contributed by atoms with Crippen molar-refractivity contribution in [1.82, 2.24) is 39.0 Å². The molecule has 214 valence electrons. The molecule has 0 amide bonds. The molecule has 20 heteroatoms. The van der Waals surface area contributed by atoms with Crippen LogP contribution in [0.15, 0.2) is 30.1 Å². The van der Waals surface area contributed by atoms with E-state index in [0.717, 1.165) is 0 Å². The molecule has 4 aromatic heterocycles. The third kappa shape index (κ3) is 4.66. The summed E-state index contributed by atoms with van der Waals surface area (Å²) in [6, 6.07) is 0. The van der Waals surface area contributed by atoms with E-state index in [1.54, 1.807) is 0 Å². The molecule has 0 radical (unpaired) electrons. The third-order valence-electron chi connectivity index (χ3n) is 6.69. The summed E-state index contributed by atoms with van der Waals surface area (Å²) in [6.07, 6.45) is -3.37. The highest BCUT2D eigenvalue weighted by atomic mass is 31.2. The van der Waals surface area contributed by atoms with Crippen molar-refractivity contribution in [1.29, 1.82) is 0 Å². The summed E-state index contributed by atoms with van der Waals surface area (Å²) in [5.41, 5.74) is 6.12. The molecule has 0 aliphatic carbocycles. The van der Waals surface area contributed by atoms with Gasteiger partial charge in [0, 0.05) is 6.42 Å². The number of nitrogens with zero attached hydrogens (tertiary/aromatic N) is 7. The maximum Gasteiger partial charge on any atom is 0.472 e. The monoisotopic (exact) mass is 581 g/mol. The van der Waals surface area contributed by atoms with Gasteiger partial charge < -0.3 is 40.4 Å². The molecule has 0 aromatic carbocycles. The maximum atomic E-state index is 12.9. The minimum atomic E-state index is -4.91. The lowest BCUT2D eigenvalue weighted by Gasteiger charge is -2.25. The largest absolute Gasteiger partial charge is 0.472 e. The molecule has 2 aliphatic rings. The van der Waals surface area contributed by atoms with E-state index in [0.29, 0.717) is 0 Å². The van der Waals surface area contributed by atoms with Gasteiger partial charge in [0.1, 0.15) is 42.5 Å². The zero-order chi connectivity index (χ0) is 28.2. The lowest BCUT2D eigenvalue weighted by atomic mass is 10.1. The first-order valence-electron chi connectivity index (χ1n) is 11.9. The maximum absolute atomic E-state index is 12.9. The number of ether oxygens (including phenoxy) is 2. The molecule has 2 aliphatic heterocycles. The first-order valence-corrected chi connectivity index (χ1v) is 13.4. The Labute approximate surface area is 222 Å². The van der Waals surface area contributed by atoms with Crippen molar-refractivity contribution in [2.75, 3.05) is 18.9 Å². The topological polar surface area (TPSA) is 268 Å². The number of rotatable bonds is 8. The molecular weight excluding hydrogens is 557 g/mol. The highest BCUT2D eigenvalue weighted by Crippen LogP contribution is 2.50. The number of anilines is 1. The summed E-state index contributed by atoms with van der Waals surface area (Å²) < 4.78 is 37.6. The summed E-state index contributed by atoms with van der Waals surface area (Å²) in [7, 11) is -4.91. The van der Waals surface area contributed by atoms with E-state index >= 15 is 0 Å². The fourth-order valence-electron chi connectivity index (χ4n) is 4.72. The predicted molar refractivity (Wildman–Crippen MR) is 130 cm³/mol. The van der Waals surface area contributed by atoms with Crippen LogP contribution < -0.4 is 11.3 Å². The molecule has 2 saturated heterocycles. The number of phosphoric acid groups is 1. The molecule has 0 bridgehead atoms. The van der Waals surface area contributed by atoms with Crippen molar-refractivity contribution in [2.45, 2.75) is 49.4 Å². The molecule has 6 heterocycles. The van der Waals surface area contributed by atoms with Crippen molar-refractivity contribution < 1.29 is 43.3 Å². The number of H-pyrrole nitrogens is 1. The Balaban J connectivity index is 1.16. The molecule has 2 unspecified atom stereocenters. The summed E-state index contributed by atoms with van der Waals surface area (Å²) >= 11 is 0. The lowest BCUT2D eigenvalue weighted by Crippen LogP contribution is -2.35. The van der Waals surface area contributed by atoms with Gasteiger partial charge in [-0.05, 0) is 0 Å². The average molecular weight is 581 g/mol. The van der Waals surface area contributed by atoms with Gasteiger partial charge in [0.15, 0.2) is 28.9 Å². The number of fused-ring (bicyclic) bond motifs is 2. The SMILES string of the molecule is Nc1ncnc2c1ncn2[C@@H]1O[C@H](CO)[C@@H](O)[C@H]1OP(=O)(O)OC[C@H]1OC(n2cnc3c(=O)[nH]cnc32)C[C@@H]1O. The van der Waals surface area contributed by atoms with E-state index < -0.39 is 69.6 Å². The van der Waals surface area contributed by atoms with Gasteiger partial charge in [-0.3, -0.25) is 23.0 Å². The highest BCUT2D eigenvalue weighted by molar-refractivity contribution is 7.47. The first-order chi connectivity index (χ1) is 19.2. The van der Waals surface area contributed by atoms with E-state index in [-0.39, 0.29) is 34.6 Å². The van der Waals surface area contributed by atoms with Gasteiger partial charge >= 0.3 is 7.82 Å². The van der Waals surface area contributed by atoms with E-state index in [2.05, 4.69) is 29.9 Å². The molecule has 2 fully saturated rings. The van der Waals surface area contributed by atoms with Gasteiger partial charge in [0.2, 0.25) is 0 Å². The van der Waals surface area contributed by atoms with Gasteiger partial charge in [0.05, 0.1) is 38.3 Å². The third-order valence-corrected chi connectivity index (χ3v) is 7.68. The molecule has 40 heavy (non-hydrogen) atoms. The van der Waals surface area contributed by atoms with Crippen LogP contribution >= 0.6 is 7.82 Å². The summed E-state index contributed by atoms with van der Waals surface area (Å²) in [5, 5.41) is 30.8. The molecule has 6 rings (SSSR count). The van der Waals surface area contributed by atoms with Crippen molar-refractivity contribution in [2.24, 2.45) is 0 Å². The van der Waals surface area contributed by atoms with Gasteiger partial charge in [0.25, 0.3) is 5.56 Å². The van der Waals surface area contributed by atoms with Gasteiger partial charge in [-0.2, -0.15) is 0 Å². The van der Waals surface area contributed by atoms with Crippen molar-refractivity contribution in [3.05, 3.63) is 35.7 Å². The number of hydrogen-bond donors (Lipinski definition) is 6. The minimum Gasteiger partial charge on any atom is -0.394 e. The number of hydrogen-bond acceptors (Lipinski definition) is 15. The number of aromatic amines is 1. The van der Waals surface area contributed by atoms with Crippen LogP contribution in [0.3, 0.4) is 0 Å². The molecule has 8 atom stereocenters. The summed E-state index contributed by atoms with van der Waals surface area (Å²) in [6.45, 7) is -1.19. The Kier molecular flexibility index (Phi) is 6.85. The number of nitrogens with one attached hydrogen (secondary N) is 1. The number of nitrogen functional groups attached to an aromatic ring is 1. The molecule has 19 nitrogen and oxygen atoms in total. The van der Waals surface area contributed by atoms with Crippen LogP contribution in [0.5, 0.6) is 0 Å². The quantitative estimate of drug-likeness (QED) is 0.122. The number of nitrogens with two attached hydrogens (primary N) is 1. The average Bonchev–Trinajstić information content (AvgIpc) is 3.69. The van der Waals surface area contributed by atoms with Crippen LogP contribution in [0, 0.1) is 0 Å². The standard InChI is InChI=1S/C20H24N9O10P/c21-16-12-17(23-4-22-16)29(7-26-12)20-15(14(32)9(2-30)38-20)39-40(34,35)36-3-10-8(31)1-11(37-10)28-6-27-13-18(28)24-5-25-19(13)33/h4-11,14-15,20,30-32H,1-3H2,(H,34,35)(H2,21,22,23)(H,24,25,33)/t8-,9+,10+,11?,14+,15+,20+/m0/s1. The first kappa shape index (κ1) is 26.8.